The third-order valence-electron chi connectivity index (χ3n) is 5.38. The van der Waals surface area contributed by atoms with Crippen molar-refractivity contribution in [3.63, 3.8) is 0 Å². The molecule has 0 bridgehead atoms. The Labute approximate surface area is 231 Å². The van der Waals surface area contributed by atoms with Crippen molar-refractivity contribution in [1.29, 1.82) is 0 Å². The van der Waals surface area contributed by atoms with Crippen LogP contribution in [0.3, 0.4) is 0 Å². The Morgan fingerprint density at radius 1 is 0.619 bits per heavy atom. The number of rotatable bonds is 5. The fourth-order valence-electron chi connectivity index (χ4n) is 3.42. The predicted octanol–water partition coefficient (Wildman–Crippen LogP) is 4.95. The number of alkyl halides is 6. The number of furan rings is 2. The number of hydrogen-bond donors (Lipinski definition) is 4. The van der Waals surface area contributed by atoms with E-state index < -0.39 is 47.2 Å². The van der Waals surface area contributed by atoms with Gasteiger partial charge in [-0.2, -0.15) is 26.3 Å². The van der Waals surface area contributed by atoms with Gasteiger partial charge in [-0.1, -0.05) is 24.3 Å². The second-order valence-corrected chi connectivity index (χ2v) is 8.36. The van der Waals surface area contributed by atoms with E-state index in [4.69, 9.17) is 20.3 Å². The van der Waals surface area contributed by atoms with Crippen LogP contribution in [0.1, 0.15) is 32.2 Å². The summed E-state index contributed by atoms with van der Waals surface area (Å²) in [5, 5.41) is 11.1. The number of carbonyl (C=O) groups excluding carboxylic acids is 2. The Hall–Kier alpha value is -5.54. The van der Waals surface area contributed by atoms with Gasteiger partial charge in [0.15, 0.2) is 11.5 Å². The third kappa shape index (κ3) is 7.15. The van der Waals surface area contributed by atoms with Crippen LogP contribution in [0, 0.1) is 0 Å². The van der Waals surface area contributed by atoms with Gasteiger partial charge in [0, 0.05) is 11.1 Å². The predicted molar refractivity (Wildman–Crippen MR) is 136 cm³/mol. The topological polar surface area (TPSA) is 161 Å². The van der Waals surface area contributed by atoms with Gasteiger partial charge in [0.05, 0.1) is 11.1 Å². The van der Waals surface area contributed by atoms with Gasteiger partial charge >= 0.3 is 12.4 Å². The average molecular weight is 592 g/mol. The van der Waals surface area contributed by atoms with E-state index in [1.54, 1.807) is 0 Å². The molecule has 0 aliphatic carbocycles. The van der Waals surface area contributed by atoms with E-state index in [1.807, 2.05) is 0 Å². The van der Waals surface area contributed by atoms with E-state index >= 15 is 0 Å². The molecular weight excluding hydrogens is 574 g/mol. The van der Waals surface area contributed by atoms with Gasteiger partial charge in [-0.3, -0.25) is 20.2 Å². The molecule has 4 aromatic rings. The summed E-state index contributed by atoms with van der Waals surface area (Å²) in [5.41, 5.74) is 9.79. The molecule has 6 N–H and O–H groups in total. The molecule has 16 heteroatoms. The molecule has 2 amide bonds. The zero-order valence-corrected chi connectivity index (χ0v) is 20.9. The van der Waals surface area contributed by atoms with E-state index in [0.29, 0.717) is 0 Å². The largest absolute Gasteiger partial charge is 0.451 e. The van der Waals surface area contributed by atoms with Crippen molar-refractivity contribution in [3.8, 4) is 22.6 Å². The molecule has 0 unspecified atom stereocenters. The highest BCUT2D eigenvalue weighted by atomic mass is 19.4. The summed E-state index contributed by atoms with van der Waals surface area (Å²) >= 11 is 0. The minimum absolute atomic E-state index is 0.00820. The molecule has 0 aliphatic rings. The van der Waals surface area contributed by atoms with Crippen molar-refractivity contribution in [2.75, 3.05) is 0 Å². The van der Waals surface area contributed by atoms with E-state index in [0.717, 1.165) is 24.3 Å². The van der Waals surface area contributed by atoms with Crippen molar-refractivity contribution >= 4 is 23.7 Å². The number of hydrogen-bond acceptors (Lipinski definition) is 6. The summed E-state index contributed by atoms with van der Waals surface area (Å²) in [6, 6.07) is 13.5. The van der Waals surface area contributed by atoms with Crippen LogP contribution in [0.4, 0.5) is 26.3 Å². The van der Waals surface area contributed by atoms with Crippen molar-refractivity contribution in [1.82, 2.24) is 10.6 Å². The number of benzene rings is 2. The van der Waals surface area contributed by atoms with E-state index in [1.165, 1.54) is 48.5 Å². The highest BCUT2D eigenvalue weighted by molar-refractivity contribution is 6.05. The first-order valence-electron chi connectivity index (χ1n) is 11.5. The number of carbonyl (C=O) groups is 2. The summed E-state index contributed by atoms with van der Waals surface area (Å²) < 4.78 is 87.7. The van der Waals surface area contributed by atoms with E-state index in [2.05, 4.69) is 20.8 Å². The van der Waals surface area contributed by atoms with Crippen LogP contribution >= 0.6 is 0 Å². The number of nitrogens with one attached hydrogen (secondary N) is 2. The fourth-order valence-corrected chi connectivity index (χ4v) is 3.42. The average Bonchev–Trinajstić information content (AvgIpc) is 3.62. The maximum absolute atomic E-state index is 13.0. The lowest BCUT2D eigenvalue weighted by atomic mass is 10.1. The Kier molecular flexibility index (Phi) is 8.08. The van der Waals surface area contributed by atoms with Crippen molar-refractivity contribution < 1.29 is 44.8 Å². The maximum Gasteiger partial charge on any atom is 0.416 e. The summed E-state index contributed by atoms with van der Waals surface area (Å²) in [6.45, 7) is 0. The van der Waals surface area contributed by atoms with Gasteiger partial charge in [0.1, 0.15) is 11.5 Å². The SMILES string of the molecule is NC(=NN=C(N)NC(=O)c1ccc(-c2cccc(C(F)(F)F)c2)o1)NC(=O)c1ccc(-c2ccc(C(F)(F)F)cc2)o1. The fraction of sp³-hybridized carbons (Fsp3) is 0.0769. The van der Waals surface area contributed by atoms with Crippen LogP contribution in [0.2, 0.25) is 0 Å². The first kappa shape index (κ1) is 29.4. The Morgan fingerprint density at radius 2 is 1.10 bits per heavy atom. The molecule has 2 aromatic heterocycles. The lowest BCUT2D eigenvalue weighted by Crippen LogP contribution is -2.38. The highest BCUT2D eigenvalue weighted by Crippen LogP contribution is 2.33. The van der Waals surface area contributed by atoms with Crippen molar-refractivity contribution in [2.45, 2.75) is 12.4 Å². The second-order valence-electron chi connectivity index (χ2n) is 8.36. The van der Waals surface area contributed by atoms with Crippen LogP contribution in [0.25, 0.3) is 22.6 Å². The van der Waals surface area contributed by atoms with Crippen LogP contribution in [-0.4, -0.2) is 23.7 Å². The minimum Gasteiger partial charge on any atom is -0.451 e. The molecule has 10 nitrogen and oxygen atoms in total. The smallest absolute Gasteiger partial charge is 0.416 e. The van der Waals surface area contributed by atoms with Gasteiger partial charge in [-0.05, 0) is 48.5 Å². The van der Waals surface area contributed by atoms with Gasteiger partial charge in [0.2, 0.25) is 11.9 Å². The normalized spacial score (nSPS) is 12.7. The molecule has 2 heterocycles. The van der Waals surface area contributed by atoms with Crippen LogP contribution in [0.15, 0.2) is 91.8 Å². The highest BCUT2D eigenvalue weighted by Gasteiger charge is 2.31. The Balaban J connectivity index is 1.35. The Bertz CT molecular complexity index is 1670. The summed E-state index contributed by atoms with van der Waals surface area (Å²) in [5.74, 6) is -3.35. The number of halogens is 6. The summed E-state index contributed by atoms with van der Waals surface area (Å²) in [6.07, 6.45) is -9.07. The molecule has 0 radical (unpaired) electrons. The number of nitrogens with zero attached hydrogens (tertiary/aromatic N) is 2. The molecule has 218 valence electrons. The van der Waals surface area contributed by atoms with Crippen LogP contribution in [0.5, 0.6) is 0 Å². The number of guanidine groups is 2. The lowest BCUT2D eigenvalue weighted by molar-refractivity contribution is -0.138. The number of amides is 2. The van der Waals surface area contributed by atoms with Crippen LogP contribution < -0.4 is 22.1 Å². The molecule has 0 saturated carbocycles. The van der Waals surface area contributed by atoms with Crippen LogP contribution in [-0.2, 0) is 12.4 Å². The molecule has 0 atom stereocenters. The standard InChI is InChI=1S/C26H18F6N6O4/c27-25(28,29)15-6-4-13(5-7-15)17-8-10-19(41-17)21(39)35-23(33)37-38-24(34)36-22(40)20-11-9-18(42-20)14-2-1-3-16(12-14)26(30,31)32/h1-12H,(H3,33,35,37,39)(H3,34,36,38,40). The molecular formula is C26H18F6N6O4. The van der Waals surface area contributed by atoms with Gasteiger partial charge < -0.3 is 20.3 Å². The second kappa shape index (κ2) is 11.5. The first-order chi connectivity index (χ1) is 19.7. The molecule has 42 heavy (non-hydrogen) atoms. The molecule has 2 aromatic carbocycles. The van der Waals surface area contributed by atoms with E-state index in [9.17, 15) is 35.9 Å². The zero-order chi connectivity index (χ0) is 30.7. The summed E-state index contributed by atoms with van der Waals surface area (Å²) in [4.78, 5) is 24.7. The van der Waals surface area contributed by atoms with Gasteiger partial charge in [-0.15, -0.1) is 10.2 Å². The molecule has 0 aliphatic heterocycles. The minimum atomic E-state index is -4.56. The maximum atomic E-state index is 13.0. The lowest BCUT2D eigenvalue weighted by Gasteiger charge is -2.07. The molecule has 0 fully saturated rings. The molecule has 0 saturated heterocycles. The first-order valence-corrected chi connectivity index (χ1v) is 11.5. The molecule has 4 rings (SSSR count). The van der Waals surface area contributed by atoms with Crippen molar-refractivity contribution in [2.24, 2.45) is 21.7 Å². The van der Waals surface area contributed by atoms with Crippen molar-refractivity contribution in [3.05, 3.63) is 95.4 Å². The monoisotopic (exact) mass is 592 g/mol. The van der Waals surface area contributed by atoms with Gasteiger partial charge in [-0.25, -0.2) is 0 Å². The summed E-state index contributed by atoms with van der Waals surface area (Å²) in [7, 11) is 0. The quantitative estimate of drug-likeness (QED) is 0.111. The van der Waals surface area contributed by atoms with E-state index in [-0.39, 0.29) is 34.2 Å². The molecule has 0 spiro atoms. The van der Waals surface area contributed by atoms with Gasteiger partial charge in [0.25, 0.3) is 11.8 Å². The third-order valence-corrected chi connectivity index (χ3v) is 5.38. The number of nitrogens with two attached hydrogens (primary N) is 2. The zero-order valence-electron chi connectivity index (χ0n) is 20.9. The Morgan fingerprint density at radius 3 is 1.57 bits per heavy atom.